The van der Waals surface area contributed by atoms with Crippen molar-refractivity contribution in [3.63, 3.8) is 0 Å². The molecule has 2 N–H and O–H groups in total. The van der Waals surface area contributed by atoms with Crippen LogP contribution >= 0.6 is 15.9 Å². The van der Waals surface area contributed by atoms with Crippen molar-refractivity contribution in [1.82, 2.24) is 14.5 Å². The second-order valence-corrected chi connectivity index (χ2v) is 6.49. The van der Waals surface area contributed by atoms with Crippen molar-refractivity contribution >= 4 is 21.6 Å². The maximum absolute atomic E-state index is 10.3. The lowest BCUT2D eigenvalue weighted by Crippen LogP contribution is -2.28. The highest BCUT2D eigenvalue weighted by molar-refractivity contribution is 9.10. The van der Waals surface area contributed by atoms with E-state index in [2.05, 4.69) is 37.3 Å². The number of aromatic nitrogens is 3. The number of anilines is 1. The van der Waals surface area contributed by atoms with Gasteiger partial charge in [-0.1, -0.05) is 0 Å². The number of halogens is 1. The van der Waals surface area contributed by atoms with E-state index in [-0.39, 0.29) is 6.04 Å². The Morgan fingerprint density at radius 1 is 1.50 bits per heavy atom. The van der Waals surface area contributed by atoms with Crippen LogP contribution in [0.15, 0.2) is 35.5 Å². The topological polar surface area (TPSA) is 86.8 Å². The molecule has 22 heavy (non-hydrogen) atoms. The normalized spacial score (nSPS) is 24.1. The van der Waals surface area contributed by atoms with E-state index < -0.39 is 6.10 Å². The van der Waals surface area contributed by atoms with Crippen molar-refractivity contribution in [3.05, 3.63) is 41.2 Å². The lowest BCUT2D eigenvalue weighted by molar-refractivity contribution is 0.166. The zero-order chi connectivity index (χ0) is 15.5. The molecule has 0 saturated heterocycles. The molecule has 1 fully saturated rings. The molecule has 0 bridgehead atoms. The average Bonchev–Trinajstić information content (AvgIpc) is 3.10. The molecule has 0 radical (unpaired) electrons. The lowest BCUT2D eigenvalue weighted by atomic mass is 10.1. The van der Waals surface area contributed by atoms with Crippen LogP contribution in [0.3, 0.4) is 0 Å². The average molecular weight is 362 g/mol. The highest BCUT2D eigenvalue weighted by Crippen LogP contribution is 2.31. The molecule has 0 amide bonds. The Kier molecular flexibility index (Phi) is 4.41. The first kappa shape index (κ1) is 15.0. The SMILES string of the molecule is N#Cc1ncc(Br)cc1N[C@@H]1CC(Cn2ccnc2)C[C@H]1O. The molecule has 0 aliphatic heterocycles. The van der Waals surface area contributed by atoms with Gasteiger partial charge in [0.1, 0.15) is 6.07 Å². The summed E-state index contributed by atoms with van der Waals surface area (Å²) in [6.45, 7) is 0.844. The van der Waals surface area contributed by atoms with E-state index in [0.717, 1.165) is 23.9 Å². The number of aliphatic hydroxyl groups is 1. The Morgan fingerprint density at radius 3 is 3.09 bits per heavy atom. The van der Waals surface area contributed by atoms with Crippen molar-refractivity contribution in [2.75, 3.05) is 5.32 Å². The minimum absolute atomic E-state index is 0.0725. The Bertz CT molecular complexity index is 682. The van der Waals surface area contributed by atoms with Gasteiger partial charge < -0.3 is 15.0 Å². The summed E-state index contributed by atoms with van der Waals surface area (Å²) in [6.07, 6.45) is 8.22. The molecule has 1 saturated carbocycles. The van der Waals surface area contributed by atoms with Gasteiger partial charge in [-0.2, -0.15) is 5.26 Å². The number of nitriles is 1. The van der Waals surface area contributed by atoms with Gasteiger partial charge in [0.05, 0.1) is 24.2 Å². The maximum Gasteiger partial charge on any atom is 0.163 e. The van der Waals surface area contributed by atoms with E-state index in [4.69, 9.17) is 5.26 Å². The monoisotopic (exact) mass is 361 g/mol. The zero-order valence-electron chi connectivity index (χ0n) is 11.9. The van der Waals surface area contributed by atoms with Crippen molar-refractivity contribution in [2.45, 2.75) is 31.5 Å². The molecule has 6 nitrogen and oxygen atoms in total. The van der Waals surface area contributed by atoms with Crippen LogP contribution in [0.1, 0.15) is 18.5 Å². The first-order valence-corrected chi connectivity index (χ1v) is 7.91. The highest BCUT2D eigenvalue weighted by Gasteiger charge is 2.33. The number of nitrogens with zero attached hydrogens (tertiary/aromatic N) is 4. The van der Waals surface area contributed by atoms with Crippen LogP contribution in [0, 0.1) is 17.2 Å². The maximum atomic E-state index is 10.3. The molecule has 7 heteroatoms. The van der Waals surface area contributed by atoms with E-state index in [1.807, 2.05) is 16.8 Å². The fourth-order valence-corrected chi connectivity index (χ4v) is 3.28. The third-order valence-corrected chi connectivity index (χ3v) is 4.39. The van der Waals surface area contributed by atoms with Gasteiger partial charge in [0.15, 0.2) is 5.69 Å². The Morgan fingerprint density at radius 2 is 2.36 bits per heavy atom. The second-order valence-electron chi connectivity index (χ2n) is 5.58. The van der Waals surface area contributed by atoms with Crippen molar-refractivity contribution in [3.8, 4) is 6.07 Å². The highest BCUT2D eigenvalue weighted by atomic mass is 79.9. The third-order valence-electron chi connectivity index (χ3n) is 3.96. The van der Waals surface area contributed by atoms with Crippen molar-refractivity contribution < 1.29 is 5.11 Å². The minimum Gasteiger partial charge on any atom is -0.391 e. The summed E-state index contributed by atoms with van der Waals surface area (Å²) in [4.78, 5) is 8.12. The Balaban J connectivity index is 1.68. The van der Waals surface area contributed by atoms with Gasteiger partial charge in [0, 0.05) is 29.6 Å². The van der Waals surface area contributed by atoms with Crippen LogP contribution < -0.4 is 5.32 Å². The molecule has 1 unspecified atom stereocenters. The number of imidazole rings is 1. The van der Waals surface area contributed by atoms with Gasteiger partial charge >= 0.3 is 0 Å². The van der Waals surface area contributed by atoms with Crippen LogP contribution in [-0.4, -0.2) is 31.8 Å². The molecule has 2 aromatic rings. The first-order chi connectivity index (χ1) is 10.7. The van der Waals surface area contributed by atoms with Crippen LogP contribution in [0.5, 0.6) is 0 Å². The standard InChI is InChI=1S/C15H16BrN5O/c16-11-5-12(14(6-17)19-7-11)20-13-3-10(4-15(13)22)8-21-2-1-18-9-21/h1-2,5,7,9-10,13,15,20,22H,3-4,8H2/t10?,13-,15-/m1/s1. The summed E-state index contributed by atoms with van der Waals surface area (Å²) < 4.78 is 2.83. The van der Waals surface area contributed by atoms with Crippen LogP contribution in [0.4, 0.5) is 5.69 Å². The van der Waals surface area contributed by atoms with Crippen molar-refractivity contribution in [2.24, 2.45) is 5.92 Å². The molecule has 1 aliphatic rings. The zero-order valence-corrected chi connectivity index (χ0v) is 13.4. The molecule has 3 atom stereocenters. The molecule has 0 aromatic carbocycles. The summed E-state index contributed by atoms with van der Waals surface area (Å²) in [5.74, 6) is 0.382. The molecule has 114 valence electrons. The summed E-state index contributed by atoms with van der Waals surface area (Å²) in [6, 6.07) is 3.82. The number of hydrogen-bond acceptors (Lipinski definition) is 5. The molecular weight excluding hydrogens is 346 g/mol. The molecule has 3 rings (SSSR count). The van der Waals surface area contributed by atoms with Gasteiger partial charge in [-0.15, -0.1) is 0 Å². The summed E-state index contributed by atoms with van der Waals surface area (Å²) in [5, 5.41) is 22.7. The quantitative estimate of drug-likeness (QED) is 0.871. The van der Waals surface area contributed by atoms with Gasteiger partial charge in [0.2, 0.25) is 0 Å². The summed E-state index contributed by atoms with van der Waals surface area (Å²) >= 11 is 3.36. The summed E-state index contributed by atoms with van der Waals surface area (Å²) in [7, 11) is 0. The van der Waals surface area contributed by atoms with Crippen LogP contribution in [-0.2, 0) is 6.54 Å². The van der Waals surface area contributed by atoms with Crippen LogP contribution in [0.2, 0.25) is 0 Å². The molecule has 2 heterocycles. The van der Waals surface area contributed by atoms with E-state index in [1.165, 1.54) is 0 Å². The number of nitrogens with one attached hydrogen (secondary N) is 1. The lowest BCUT2D eigenvalue weighted by Gasteiger charge is -2.18. The third kappa shape index (κ3) is 3.29. The predicted molar refractivity (Wildman–Crippen MR) is 85.0 cm³/mol. The minimum atomic E-state index is -0.431. The van der Waals surface area contributed by atoms with Gasteiger partial charge in [-0.3, -0.25) is 0 Å². The number of aliphatic hydroxyl groups excluding tert-OH is 1. The fourth-order valence-electron chi connectivity index (χ4n) is 2.95. The van der Waals surface area contributed by atoms with Gasteiger partial charge in [-0.05, 0) is 40.8 Å². The Hall–Kier alpha value is -1.91. The Labute approximate surface area is 136 Å². The molecule has 2 aromatic heterocycles. The molecular formula is C15H16BrN5O. The van der Waals surface area contributed by atoms with E-state index in [1.54, 1.807) is 18.7 Å². The van der Waals surface area contributed by atoms with E-state index >= 15 is 0 Å². The van der Waals surface area contributed by atoms with Crippen molar-refractivity contribution in [1.29, 1.82) is 5.26 Å². The number of pyridine rings is 1. The second kappa shape index (κ2) is 6.46. The molecule has 1 aliphatic carbocycles. The largest absolute Gasteiger partial charge is 0.391 e. The van der Waals surface area contributed by atoms with Gasteiger partial charge in [-0.25, -0.2) is 9.97 Å². The van der Waals surface area contributed by atoms with Crippen LogP contribution in [0.25, 0.3) is 0 Å². The van der Waals surface area contributed by atoms with Gasteiger partial charge in [0.25, 0.3) is 0 Å². The summed E-state index contributed by atoms with van der Waals surface area (Å²) in [5.41, 5.74) is 0.998. The van der Waals surface area contributed by atoms with E-state index in [9.17, 15) is 5.11 Å². The smallest absolute Gasteiger partial charge is 0.163 e. The number of rotatable bonds is 4. The molecule has 0 spiro atoms. The fraction of sp³-hybridized carbons (Fsp3) is 0.400. The number of hydrogen-bond donors (Lipinski definition) is 2. The van der Waals surface area contributed by atoms with E-state index in [0.29, 0.717) is 17.3 Å². The predicted octanol–water partition coefficient (Wildman–Crippen LogP) is 2.16. The first-order valence-electron chi connectivity index (χ1n) is 7.11.